The number of carbonyl (C=O) groups excluding carboxylic acids is 2. The zero-order chi connectivity index (χ0) is 25.0. The number of benzene rings is 2. The second-order valence-electron chi connectivity index (χ2n) is 11.4. The van der Waals surface area contributed by atoms with Gasteiger partial charge in [-0.05, 0) is 74.8 Å². The Morgan fingerprint density at radius 3 is 2.31 bits per heavy atom. The van der Waals surface area contributed by atoms with Crippen LogP contribution < -0.4 is 0 Å². The molecule has 3 aliphatic carbocycles. The molecule has 2 aliphatic heterocycles. The summed E-state index contributed by atoms with van der Waals surface area (Å²) < 4.78 is 0. The van der Waals surface area contributed by atoms with E-state index in [4.69, 9.17) is 0 Å². The lowest BCUT2D eigenvalue weighted by Gasteiger charge is -2.66. The fourth-order valence-corrected chi connectivity index (χ4v) is 7.85. The molecule has 2 aromatic carbocycles. The molecule has 188 valence electrons. The first kappa shape index (κ1) is 22.3. The summed E-state index contributed by atoms with van der Waals surface area (Å²) in [5, 5.41) is 45.6. The highest BCUT2D eigenvalue weighted by atomic mass is 16.3. The molecule has 1 saturated heterocycles. The van der Waals surface area contributed by atoms with E-state index >= 15 is 0 Å². The van der Waals surface area contributed by atoms with Crippen LogP contribution in [0.3, 0.4) is 0 Å². The van der Waals surface area contributed by atoms with E-state index in [1.54, 1.807) is 30.3 Å². The van der Waals surface area contributed by atoms with Gasteiger partial charge in [0.25, 0.3) is 11.8 Å². The summed E-state index contributed by atoms with van der Waals surface area (Å²) in [6.45, 7) is 1.42. The van der Waals surface area contributed by atoms with E-state index in [0.29, 0.717) is 47.6 Å². The van der Waals surface area contributed by atoms with Crippen molar-refractivity contribution in [2.75, 3.05) is 13.1 Å². The number of hydrogen-bond donors (Lipinski definition) is 4. The summed E-state index contributed by atoms with van der Waals surface area (Å²) in [4.78, 5) is 30.2. The number of rotatable bonds is 3. The number of likely N-dealkylation sites (tertiary alicyclic amines) is 1. The standard InChI is InChI=1S/C28H30N2O6/c31-20-8-7-19-21(23(20)33)27-11-12-29(14-15-5-6-15)24(22(19)32)28(27,36)10-9-16(13-27)30-25(34)17-3-1-2-4-18(17)26(30)35/h1-4,7-8,15-16,22,24,31-33,36H,5-6,9-14H2/t16?,22-,24-,27-,28?/m1/s1. The van der Waals surface area contributed by atoms with Crippen LogP contribution in [0.4, 0.5) is 0 Å². The molecule has 2 aromatic rings. The number of aliphatic hydroxyl groups excluding tert-OH is 1. The third kappa shape index (κ3) is 2.69. The Morgan fingerprint density at radius 2 is 1.64 bits per heavy atom. The summed E-state index contributed by atoms with van der Waals surface area (Å²) in [6.07, 6.45) is 2.69. The SMILES string of the molecule is O=C1c2ccccc2C(=O)N1C1CCC2(O)[C@H]3[C@H](O)c4ccc(O)c(O)c4[C@@]2(CCN3CC2CC2)C1. The topological polar surface area (TPSA) is 122 Å². The number of aromatic hydroxyl groups is 2. The van der Waals surface area contributed by atoms with Gasteiger partial charge >= 0.3 is 0 Å². The number of hydrogen-bond acceptors (Lipinski definition) is 7. The third-order valence-corrected chi connectivity index (χ3v) is 9.65. The van der Waals surface area contributed by atoms with Crippen molar-refractivity contribution in [1.29, 1.82) is 0 Å². The largest absolute Gasteiger partial charge is 0.504 e. The molecule has 2 unspecified atom stereocenters. The first-order valence-electron chi connectivity index (χ1n) is 12.9. The molecule has 7 rings (SSSR count). The minimum atomic E-state index is -1.38. The molecule has 3 fully saturated rings. The maximum absolute atomic E-state index is 13.3. The molecule has 0 spiro atoms. The van der Waals surface area contributed by atoms with E-state index in [9.17, 15) is 30.0 Å². The van der Waals surface area contributed by atoms with Crippen LogP contribution in [-0.2, 0) is 5.41 Å². The average Bonchev–Trinajstić information content (AvgIpc) is 3.64. The van der Waals surface area contributed by atoms with E-state index in [-0.39, 0.29) is 36.2 Å². The molecule has 8 nitrogen and oxygen atoms in total. The zero-order valence-electron chi connectivity index (χ0n) is 19.9. The van der Waals surface area contributed by atoms with Gasteiger partial charge in [-0.3, -0.25) is 19.4 Å². The van der Waals surface area contributed by atoms with Crippen molar-refractivity contribution in [3.63, 3.8) is 0 Å². The second-order valence-corrected chi connectivity index (χ2v) is 11.4. The average molecular weight is 491 g/mol. The van der Waals surface area contributed by atoms with Crippen molar-refractivity contribution in [3.8, 4) is 11.5 Å². The van der Waals surface area contributed by atoms with Crippen LogP contribution in [0.25, 0.3) is 0 Å². The third-order valence-electron chi connectivity index (χ3n) is 9.65. The fraction of sp³-hybridized carbons (Fsp3) is 0.500. The highest BCUT2D eigenvalue weighted by Gasteiger charge is 2.69. The zero-order valence-corrected chi connectivity index (χ0v) is 19.9. The number of amides is 2. The molecule has 36 heavy (non-hydrogen) atoms. The van der Waals surface area contributed by atoms with Gasteiger partial charge in [-0.1, -0.05) is 18.2 Å². The smallest absolute Gasteiger partial charge is 0.261 e. The van der Waals surface area contributed by atoms with Crippen molar-refractivity contribution in [2.45, 2.75) is 67.7 Å². The lowest BCUT2D eigenvalue weighted by atomic mass is 9.48. The first-order valence-corrected chi connectivity index (χ1v) is 12.9. The van der Waals surface area contributed by atoms with Gasteiger partial charge in [0.05, 0.1) is 28.9 Å². The molecule has 2 bridgehead atoms. The Hall–Kier alpha value is -2.94. The molecule has 5 aliphatic rings. The number of aliphatic hydroxyl groups is 2. The summed E-state index contributed by atoms with van der Waals surface area (Å²) in [5.74, 6) is -0.734. The van der Waals surface area contributed by atoms with Crippen molar-refractivity contribution in [2.24, 2.45) is 5.92 Å². The molecule has 0 radical (unpaired) electrons. The summed E-state index contributed by atoms with van der Waals surface area (Å²) in [5.41, 5.74) is -0.763. The van der Waals surface area contributed by atoms with Gasteiger partial charge in [-0.15, -0.1) is 0 Å². The quantitative estimate of drug-likeness (QED) is 0.385. The number of fused-ring (bicyclic) bond motifs is 2. The van der Waals surface area contributed by atoms with Crippen LogP contribution in [0.5, 0.6) is 11.5 Å². The van der Waals surface area contributed by atoms with Gasteiger partial charge in [-0.2, -0.15) is 0 Å². The van der Waals surface area contributed by atoms with Gasteiger partial charge in [-0.25, -0.2) is 0 Å². The van der Waals surface area contributed by atoms with Crippen molar-refractivity contribution in [3.05, 3.63) is 58.7 Å². The number of imide groups is 1. The summed E-state index contributed by atoms with van der Waals surface area (Å²) >= 11 is 0. The molecule has 2 heterocycles. The minimum Gasteiger partial charge on any atom is -0.504 e. The van der Waals surface area contributed by atoms with E-state index in [2.05, 4.69) is 4.90 Å². The van der Waals surface area contributed by atoms with Crippen molar-refractivity contribution >= 4 is 11.8 Å². The van der Waals surface area contributed by atoms with E-state index in [0.717, 1.165) is 19.4 Å². The Bertz CT molecular complexity index is 1270. The van der Waals surface area contributed by atoms with Gasteiger partial charge in [0.2, 0.25) is 0 Å². The minimum absolute atomic E-state index is 0.263. The Kier molecular flexibility index (Phi) is 4.52. The van der Waals surface area contributed by atoms with Crippen molar-refractivity contribution < 1.29 is 30.0 Å². The van der Waals surface area contributed by atoms with Crippen LogP contribution in [-0.4, -0.2) is 72.8 Å². The first-order chi connectivity index (χ1) is 17.3. The second kappa shape index (κ2) is 7.31. The lowest BCUT2D eigenvalue weighted by molar-refractivity contribution is -0.204. The Labute approximate surface area is 208 Å². The summed E-state index contributed by atoms with van der Waals surface area (Å²) in [6, 6.07) is 8.78. The highest BCUT2D eigenvalue weighted by Crippen LogP contribution is 2.64. The number of phenols is 2. The normalized spacial score (nSPS) is 35.4. The number of carbonyl (C=O) groups is 2. The molecule has 8 heteroatoms. The molecule has 2 saturated carbocycles. The van der Waals surface area contributed by atoms with Crippen LogP contribution in [0, 0.1) is 5.92 Å². The van der Waals surface area contributed by atoms with Gasteiger partial charge in [0.15, 0.2) is 11.5 Å². The highest BCUT2D eigenvalue weighted by molar-refractivity contribution is 6.21. The van der Waals surface area contributed by atoms with E-state index < -0.39 is 29.2 Å². The van der Waals surface area contributed by atoms with Gasteiger partial charge in [0, 0.05) is 23.6 Å². The van der Waals surface area contributed by atoms with E-state index in [1.165, 1.54) is 11.0 Å². The maximum atomic E-state index is 13.3. The molecular formula is C28H30N2O6. The molecule has 4 N–H and O–H groups in total. The number of nitrogens with zero attached hydrogens (tertiary/aromatic N) is 2. The fourth-order valence-electron chi connectivity index (χ4n) is 7.85. The molecular weight excluding hydrogens is 460 g/mol. The summed E-state index contributed by atoms with van der Waals surface area (Å²) in [7, 11) is 0. The van der Waals surface area contributed by atoms with Crippen LogP contribution in [0.1, 0.15) is 76.5 Å². The van der Waals surface area contributed by atoms with Gasteiger partial charge in [0.1, 0.15) is 0 Å². The molecule has 2 amide bonds. The lowest BCUT2D eigenvalue weighted by Crippen LogP contribution is -2.75. The Morgan fingerprint density at radius 1 is 0.944 bits per heavy atom. The van der Waals surface area contributed by atoms with Crippen LogP contribution in [0.2, 0.25) is 0 Å². The maximum Gasteiger partial charge on any atom is 0.261 e. The molecule has 0 aromatic heterocycles. The predicted octanol–water partition coefficient (Wildman–Crippen LogP) is 2.45. The number of piperidine rings is 1. The van der Waals surface area contributed by atoms with Crippen LogP contribution >= 0.6 is 0 Å². The monoisotopic (exact) mass is 490 g/mol. The number of phenolic OH excluding ortho intramolecular Hbond substituents is 2. The Balaban J connectivity index is 1.35. The predicted molar refractivity (Wildman–Crippen MR) is 129 cm³/mol. The molecule has 5 atom stereocenters. The van der Waals surface area contributed by atoms with Crippen molar-refractivity contribution in [1.82, 2.24) is 9.80 Å². The van der Waals surface area contributed by atoms with Crippen LogP contribution in [0.15, 0.2) is 36.4 Å². The van der Waals surface area contributed by atoms with E-state index in [1.807, 2.05) is 0 Å². The van der Waals surface area contributed by atoms with Gasteiger partial charge < -0.3 is 20.4 Å².